The summed E-state index contributed by atoms with van der Waals surface area (Å²) in [6, 6.07) is 6.55. The molecule has 20 heavy (non-hydrogen) atoms. The minimum atomic E-state index is -0.307. The molecule has 0 radical (unpaired) electrons. The number of anilines is 1. The van der Waals surface area contributed by atoms with Gasteiger partial charge in [0.25, 0.3) is 0 Å². The fourth-order valence-electron chi connectivity index (χ4n) is 1.92. The van der Waals surface area contributed by atoms with Gasteiger partial charge in [0, 0.05) is 7.05 Å². The Labute approximate surface area is 119 Å². The van der Waals surface area contributed by atoms with Gasteiger partial charge in [0.1, 0.15) is 11.5 Å². The summed E-state index contributed by atoms with van der Waals surface area (Å²) in [6.45, 7) is 1.88. The zero-order valence-corrected chi connectivity index (χ0v) is 11.8. The highest BCUT2D eigenvalue weighted by atomic mass is 32.1. The quantitative estimate of drug-likeness (QED) is 0.805. The Morgan fingerprint density at radius 2 is 2.05 bits per heavy atom. The van der Waals surface area contributed by atoms with E-state index in [1.807, 2.05) is 6.92 Å². The molecule has 3 rings (SSSR count). The first-order chi connectivity index (χ1) is 9.70. The van der Waals surface area contributed by atoms with Crippen LogP contribution >= 0.6 is 11.3 Å². The molecule has 0 amide bonds. The maximum absolute atomic E-state index is 13.8. The maximum atomic E-state index is 13.8. The van der Waals surface area contributed by atoms with Crippen molar-refractivity contribution in [2.45, 2.75) is 6.92 Å². The number of nitrogens with zero attached hydrogens (tertiary/aromatic N) is 4. The van der Waals surface area contributed by atoms with E-state index in [9.17, 15) is 4.39 Å². The Kier molecular flexibility index (Phi) is 3.19. The van der Waals surface area contributed by atoms with E-state index < -0.39 is 0 Å². The molecule has 0 aliphatic carbocycles. The third kappa shape index (κ3) is 2.05. The average molecular weight is 289 g/mol. The standard InChI is InChI=1S/C13H12FN5S/c1-8-9(12-17-18-13(15-2)20-12)7-16-19(8)11-6-4-3-5-10(11)14/h3-7H,1-2H3,(H,15,18). The van der Waals surface area contributed by atoms with Crippen LogP contribution in [0.4, 0.5) is 9.52 Å². The highest BCUT2D eigenvalue weighted by Crippen LogP contribution is 2.29. The molecule has 5 nitrogen and oxygen atoms in total. The number of rotatable bonds is 3. The predicted octanol–water partition coefficient (Wildman–Crippen LogP) is 2.88. The third-order valence-electron chi connectivity index (χ3n) is 2.96. The molecule has 2 heterocycles. The van der Waals surface area contributed by atoms with E-state index in [-0.39, 0.29) is 5.82 Å². The van der Waals surface area contributed by atoms with Crippen LogP contribution in [0.3, 0.4) is 0 Å². The number of para-hydroxylation sites is 1. The Morgan fingerprint density at radius 1 is 1.25 bits per heavy atom. The minimum absolute atomic E-state index is 0.307. The Balaban J connectivity index is 2.07. The van der Waals surface area contributed by atoms with Crippen LogP contribution in [0.15, 0.2) is 30.5 Å². The molecule has 2 aromatic heterocycles. The van der Waals surface area contributed by atoms with Crippen molar-refractivity contribution in [1.29, 1.82) is 0 Å². The molecule has 0 saturated heterocycles. The molecule has 0 aliphatic heterocycles. The average Bonchev–Trinajstić information content (AvgIpc) is 3.06. The zero-order valence-electron chi connectivity index (χ0n) is 11.0. The molecule has 1 aromatic carbocycles. The van der Waals surface area contributed by atoms with Crippen LogP contribution in [-0.2, 0) is 0 Å². The lowest BCUT2D eigenvalue weighted by Gasteiger charge is -2.05. The topological polar surface area (TPSA) is 55.6 Å². The van der Waals surface area contributed by atoms with Crippen LogP contribution in [-0.4, -0.2) is 27.0 Å². The molecular weight excluding hydrogens is 277 g/mol. The number of hydrogen-bond donors (Lipinski definition) is 1. The fourth-order valence-corrected chi connectivity index (χ4v) is 2.68. The second-order valence-corrected chi connectivity index (χ2v) is 5.15. The largest absolute Gasteiger partial charge is 0.363 e. The predicted molar refractivity (Wildman–Crippen MR) is 76.7 cm³/mol. The van der Waals surface area contributed by atoms with E-state index in [4.69, 9.17) is 0 Å². The van der Waals surface area contributed by atoms with Gasteiger partial charge in [-0.25, -0.2) is 9.07 Å². The van der Waals surface area contributed by atoms with Gasteiger partial charge in [0.2, 0.25) is 5.13 Å². The summed E-state index contributed by atoms with van der Waals surface area (Å²) in [6.07, 6.45) is 1.68. The van der Waals surface area contributed by atoms with Gasteiger partial charge >= 0.3 is 0 Å². The lowest BCUT2D eigenvalue weighted by Crippen LogP contribution is -2.01. The summed E-state index contributed by atoms with van der Waals surface area (Å²) < 4.78 is 15.4. The van der Waals surface area contributed by atoms with E-state index in [1.165, 1.54) is 17.4 Å². The SMILES string of the molecule is CNc1nnc(-c2cnn(-c3ccccc3F)c2C)s1. The Morgan fingerprint density at radius 3 is 2.75 bits per heavy atom. The van der Waals surface area contributed by atoms with Crippen molar-refractivity contribution in [3.05, 3.63) is 42.0 Å². The van der Waals surface area contributed by atoms with Crippen molar-refractivity contribution in [3.63, 3.8) is 0 Å². The summed E-state index contributed by atoms with van der Waals surface area (Å²) in [5, 5.41) is 16.8. The molecule has 0 unspecified atom stereocenters. The first kappa shape index (κ1) is 12.7. The maximum Gasteiger partial charge on any atom is 0.205 e. The summed E-state index contributed by atoms with van der Waals surface area (Å²) >= 11 is 1.43. The van der Waals surface area contributed by atoms with Crippen LogP contribution in [0.1, 0.15) is 5.69 Å². The van der Waals surface area contributed by atoms with Gasteiger partial charge in [-0.2, -0.15) is 5.10 Å². The monoisotopic (exact) mass is 289 g/mol. The van der Waals surface area contributed by atoms with Crippen LogP contribution in [0, 0.1) is 12.7 Å². The van der Waals surface area contributed by atoms with E-state index in [0.29, 0.717) is 5.69 Å². The van der Waals surface area contributed by atoms with Gasteiger partial charge in [-0.15, -0.1) is 10.2 Å². The van der Waals surface area contributed by atoms with E-state index in [2.05, 4.69) is 20.6 Å². The van der Waals surface area contributed by atoms with Gasteiger partial charge in [0.15, 0.2) is 5.01 Å². The van der Waals surface area contributed by atoms with Crippen LogP contribution in [0.2, 0.25) is 0 Å². The first-order valence-corrected chi connectivity index (χ1v) is 6.83. The number of hydrogen-bond acceptors (Lipinski definition) is 5. The van der Waals surface area contributed by atoms with Crippen LogP contribution in [0.25, 0.3) is 16.3 Å². The molecule has 0 fully saturated rings. The summed E-state index contributed by atoms with van der Waals surface area (Å²) in [5.74, 6) is -0.307. The van der Waals surface area contributed by atoms with Crippen LogP contribution < -0.4 is 5.32 Å². The molecular formula is C13H12FN5S. The molecule has 0 spiro atoms. The minimum Gasteiger partial charge on any atom is -0.363 e. The number of benzene rings is 1. The van der Waals surface area contributed by atoms with Crippen molar-refractivity contribution in [1.82, 2.24) is 20.0 Å². The fraction of sp³-hybridized carbons (Fsp3) is 0.154. The van der Waals surface area contributed by atoms with Gasteiger partial charge in [-0.1, -0.05) is 23.5 Å². The first-order valence-electron chi connectivity index (χ1n) is 6.02. The second kappa shape index (κ2) is 5.01. The second-order valence-electron chi connectivity index (χ2n) is 4.17. The third-order valence-corrected chi connectivity index (χ3v) is 3.93. The van der Waals surface area contributed by atoms with Gasteiger partial charge < -0.3 is 5.32 Å². The molecule has 3 aromatic rings. The zero-order chi connectivity index (χ0) is 14.1. The highest BCUT2D eigenvalue weighted by Gasteiger charge is 2.15. The van der Waals surface area contributed by atoms with Gasteiger partial charge in [0.05, 0.1) is 17.5 Å². The smallest absolute Gasteiger partial charge is 0.205 e. The molecule has 1 N–H and O–H groups in total. The normalized spacial score (nSPS) is 10.8. The molecule has 102 valence electrons. The number of halogens is 1. The Bertz CT molecular complexity index is 749. The van der Waals surface area contributed by atoms with Crippen molar-refractivity contribution in [3.8, 4) is 16.3 Å². The lowest BCUT2D eigenvalue weighted by atomic mass is 10.2. The number of nitrogens with one attached hydrogen (secondary N) is 1. The molecule has 0 bridgehead atoms. The molecule has 0 aliphatic rings. The van der Waals surface area contributed by atoms with Crippen molar-refractivity contribution in [2.24, 2.45) is 0 Å². The van der Waals surface area contributed by atoms with Gasteiger partial charge in [-0.3, -0.25) is 0 Å². The molecule has 0 saturated carbocycles. The number of aromatic nitrogens is 4. The molecule has 7 heteroatoms. The Hall–Kier alpha value is -2.28. The summed E-state index contributed by atoms with van der Waals surface area (Å²) in [7, 11) is 1.79. The van der Waals surface area contributed by atoms with Crippen molar-refractivity contribution in [2.75, 3.05) is 12.4 Å². The van der Waals surface area contributed by atoms with E-state index in [0.717, 1.165) is 21.4 Å². The summed E-state index contributed by atoms with van der Waals surface area (Å²) in [5.41, 5.74) is 2.11. The highest BCUT2D eigenvalue weighted by molar-refractivity contribution is 7.18. The van der Waals surface area contributed by atoms with Crippen LogP contribution in [0.5, 0.6) is 0 Å². The van der Waals surface area contributed by atoms with Crippen molar-refractivity contribution < 1.29 is 4.39 Å². The van der Waals surface area contributed by atoms with E-state index in [1.54, 1.807) is 36.1 Å². The molecule has 0 atom stereocenters. The van der Waals surface area contributed by atoms with E-state index >= 15 is 0 Å². The lowest BCUT2D eigenvalue weighted by molar-refractivity contribution is 0.608. The van der Waals surface area contributed by atoms with Gasteiger partial charge in [-0.05, 0) is 19.1 Å². The van der Waals surface area contributed by atoms with Crippen molar-refractivity contribution >= 4 is 16.5 Å². The summed E-state index contributed by atoms with van der Waals surface area (Å²) in [4.78, 5) is 0.